The third-order valence-corrected chi connectivity index (χ3v) is 3.66. The van der Waals surface area contributed by atoms with Crippen molar-refractivity contribution in [3.05, 3.63) is 12.0 Å². The second kappa shape index (κ2) is 5.46. The SMILES string of the molecule is CCn1cc(S(=O)(=O)NCC(O)C(N)=O)nc1C. The van der Waals surface area contributed by atoms with Crippen LogP contribution in [0.5, 0.6) is 0 Å². The lowest BCUT2D eigenvalue weighted by atomic mass is 10.3. The van der Waals surface area contributed by atoms with Crippen molar-refractivity contribution >= 4 is 15.9 Å². The van der Waals surface area contributed by atoms with E-state index in [1.54, 1.807) is 11.5 Å². The quantitative estimate of drug-likeness (QED) is 0.573. The summed E-state index contributed by atoms with van der Waals surface area (Å²) in [6.45, 7) is 3.66. The lowest BCUT2D eigenvalue weighted by Gasteiger charge is -2.07. The van der Waals surface area contributed by atoms with Gasteiger partial charge >= 0.3 is 0 Å². The van der Waals surface area contributed by atoms with Crippen molar-refractivity contribution in [2.45, 2.75) is 31.5 Å². The molecule has 0 saturated heterocycles. The molecule has 1 unspecified atom stereocenters. The Bertz CT molecular complexity index is 537. The summed E-state index contributed by atoms with van der Waals surface area (Å²) in [6.07, 6.45) is -0.178. The first-order valence-corrected chi connectivity index (χ1v) is 6.77. The standard InChI is InChI=1S/C9H16N4O4S/c1-3-13-5-8(12-6(13)2)18(16,17)11-4-7(14)9(10)15/h5,7,11,14H,3-4H2,1-2H3,(H2,10,15). The van der Waals surface area contributed by atoms with E-state index in [9.17, 15) is 13.2 Å². The van der Waals surface area contributed by atoms with Gasteiger partial charge in [0.2, 0.25) is 5.91 Å². The number of nitrogens with zero attached hydrogens (tertiary/aromatic N) is 2. The molecule has 4 N–H and O–H groups in total. The third-order valence-electron chi connectivity index (χ3n) is 2.37. The Hall–Kier alpha value is -1.45. The van der Waals surface area contributed by atoms with Crippen molar-refractivity contribution < 1.29 is 18.3 Å². The maximum Gasteiger partial charge on any atom is 0.259 e. The van der Waals surface area contributed by atoms with Crippen molar-refractivity contribution in [3.8, 4) is 0 Å². The molecule has 8 nitrogen and oxygen atoms in total. The molecule has 0 saturated carbocycles. The van der Waals surface area contributed by atoms with Crippen LogP contribution < -0.4 is 10.5 Å². The number of aliphatic hydroxyl groups excluding tert-OH is 1. The summed E-state index contributed by atoms with van der Waals surface area (Å²) in [4.78, 5) is 14.5. The minimum Gasteiger partial charge on any atom is -0.382 e. The maximum atomic E-state index is 11.8. The molecule has 102 valence electrons. The molecule has 1 heterocycles. The van der Waals surface area contributed by atoms with E-state index in [0.29, 0.717) is 12.4 Å². The predicted molar refractivity (Wildman–Crippen MR) is 63.0 cm³/mol. The zero-order valence-corrected chi connectivity index (χ0v) is 10.9. The van der Waals surface area contributed by atoms with Gasteiger partial charge in [0.25, 0.3) is 10.0 Å². The molecular weight excluding hydrogens is 260 g/mol. The first kappa shape index (κ1) is 14.6. The number of amides is 1. The smallest absolute Gasteiger partial charge is 0.259 e. The van der Waals surface area contributed by atoms with Gasteiger partial charge in [-0.1, -0.05) is 0 Å². The summed E-state index contributed by atoms with van der Waals surface area (Å²) in [5, 5.41) is 8.96. The van der Waals surface area contributed by atoms with Gasteiger partial charge in [0.15, 0.2) is 5.03 Å². The Morgan fingerprint density at radius 1 is 1.67 bits per heavy atom. The van der Waals surface area contributed by atoms with Gasteiger partial charge in [-0.25, -0.2) is 18.1 Å². The summed E-state index contributed by atoms with van der Waals surface area (Å²) >= 11 is 0. The minimum atomic E-state index is -3.85. The number of sulfonamides is 1. The van der Waals surface area contributed by atoms with Gasteiger partial charge in [0.05, 0.1) is 0 Å². The summed E-state index contributed by atoms with van der Waals surface area (Å²) in [7, 11) is -3.85. The molecule has 1 atom stereocenters. The van der Waals surface area contributed by atoms with E-state index in [-0.39, 0.29) is 5.03 Å². The second-order valence-corrected chi connectivity index (χ2v) is 5.40. The van der Waals surface area contributed by atoms with Gasteiger partial charge in [-0.3, -0.25) is 4.79 Å². The Balaban J connectivity index is 2.83. The highest BCUT2D eigenvalue weighted by molar-refractivity contribution is 7.89. The summed E-state index contributed by atoms with van der Waals surface area (Å²) in [5.74, 6) is -0.429. The number of carbonyl (C=O) groups excluding carboxylic acids is 1. The Kier molecular flexibility index (Phi) is 4.43. The average molecular weight is 276 g/mol. The number of aliphatic hydroxyl groups is 1. The molecule has 1 aromatic rings. The molecule has 1 rings (SSSR count). The number of hydrogen-bond donors (Lipinski definition) is 3. The van der Waals surface area contributed by atoms with E-state index in [2.05, 4.69) is 9.71 Å². The van der Waals surface area contributed by atoms with Gasteiger partial charge in [0.1, 0.15) is 11.9 Å². The molecule has 9 heteroatoms. The Labute approximate surface area is 105 Å². The van der Waals surface area contributed by atoms with Gasteiger partial charge in [-0.2, -0.15) is 0 Å². The molecule has 1 amide bonds. The van der Waals surface area contributed by atoms with E-state index in [1.807, 2.05) is 6.92 Å². The van der Waals surface area contributed by atoms with E-state index in [1.165, 1.54) is 6.20 Å². The molecule has 1 aromatic heterocycles. The number of aryl methyl sites for hydroxylation is 2. The van der Waals surface area contributed by atoms with Crippen molar-refractivity contribution in [1.29, 1.82) is 0 Å². The van der Waals surface area contributed by atoms with Crippen LogP contribution in [0.3, 0.4) is 0 Å². The molecule has 0 aliphatic heterocycles. The van der Waals surface area contributed by atoms with E-state index >= 15 is 0 Å². The van der Waals surface area contributed by atoms with Crippen LogP contribution in [-0.4, -0.2) is 41.6 Å². The number of nitrogens with two attached hydrogens (primary N) is 1. The Morgan fingerprint density at radius 3 is 2.72 bits per heavy atom. The topological polar surface area (TPSA) is 127 Å². The number of hydrogen-bond acceptors (Lipinski definition) is 5. The van der Waals surface area contributed by atoms with Crippen molar-refractivity contribution in [3.63, 3.8) is 0 Å². The van der Waals surface area contributed by atoms with Crippen molar-refractivity contribution in [2.75, 3.05) is 6.54 Å². The first-order chi connectivity index (χ1) is 8.27. The van der Waals surface area contributed by atoms with Crippen LogP contribution in [0.25, 0.3) is 0 Å². The lowest BCUT2D eigenvalue weighted by molar-refractivity contribution is -0.125. The molecule has 0 fully saturated rings. The molecule has 0 aromatic carbocycles. The largest absolute Gasteiger partial charge is 0.382 e. The van der Waals surface area contributed by atoms with Crippen LogP contribution in [0.15, 0.2) is 11.2 Å². The molecule has 0 radical (unpaired) electrons. The van der Waals surface area contributed by atoms with E-state index in [0.717, 1.165) is 0 Å². The normalized spacial score (nSPS) is 13.5. The second-order valence-electron chi connectivity index (χ2n) is 3.68. The molecule has 0 bridgehead atoms. The molecule has 0 aliphatic rings. The zero-order valence-electron chi connectivity index (χ0n) is 10.1. The van der Waals surface area contributed by atoms with Gasteiger partial charge in [-0.05, 0) is 13.8 Å². The number of rotatable bonds is 6. The molecule has 0 aliphatic carbocycles. The first-order valence-electron chi connectivity index (χ1n) is 5.28. The van der Waals surface area contributed by atoms with Crippen molar-refractivity contribution in [1.82, 2.24) is 14.3 Å². The third kappa shape index (κ3) is 3.28. The maximum absolute atomic E-state index is 11.8. The molecule has 0 spiro atoms. The van der Waals surface area contributed by atoms with Crippen LogP contribution in [0.4, 0.5) is 0 Å². The predicted octanol–water partition coefficient (Wildman–Crippen LogP) is -1.66. The average Bonchev–Trinajstić information content (AvgIpc) is 2.68. The van der Waals surface area contributed by atoms with Crippen molar-refractivity contribution in [2.24, 2.45) is 5.73 Å². The highest BCUT2D eigenvalue weighted by Crippen LogP contribution is 2.08. The van der Waals surface area contributed by atoms with E-state index in [4.69, 9.17) is 10.8 Å². The summed E-state index contributed by atoms with van der Waals surface area (Å²) < 4.78 is 27.3. The summed E-state index contributed by atoms with van der Waals surface area (Å²) in [5.41, 5.74) is 4.81. The number of aromatic nitrogens is 2. The fourth-order valence-corrected chi connectivity index (χ4v) is 2.34. The number of nitrogens with one attached hydrogen (secondary N) is 1. The fraction of sp³-hybridized carbons (Fsp3) is 0.556. The fourth-order valence-electron chi connectivity index (χ4n) is 1.29. The minimum absolute atomic E-state index is 0.154. The van der Waals surface area contributed by atoms with Gasteiger partial charge in [-0.15, -0.1) is 0 Å². The number of imidazole rings is 1. The lowest BCUT2D eigenvalue weighted by Crippen LogP contribution is -2.40. The van der Waals surface area contributed by atoms with Crippen LogP contribution in [0.1, 0.15) is 12.7 Å². The van der Waals surface area contributed by atoms with Crippen LogP contribution in [0, 0.1) is 6.92 Å². The van der Waals surface area contributed by atoms with Crippen LogP contribution in [0.2, 0.25) is 0 Å². The summed E-state index contributed by atoms with van der Waals surface area (Å²) in [6, 6.07) is 0. The Morgan fingerprint density at radius 2 is 2.28 bits per heavy atom. The van der Waals surface area contributed by atoms with Gasteiger partial charge in [0, 0.05) is 19.3 Å². The molecular formula is C9H16N4O4S. The number of carbonyl (C=O) groups is 1. The molecule has 18 heavy (non-hydrogen) atoms. The van der Waals surface area contributed by atoms with Crippen LogP contribution >= 0.6 is 0 Å². The van der Waals surface area contributed by atoms with E-state index < -0.39 is 28.6 Å². The highest BCUT2D eigenvalue weighted by Gasteiger charge is 2.21. The van der Waals surface area contributed by atoms with Gasteiger partial charge < -0.3 is 15.4 Å². The zero-order chi connectivity index (χ0) is 13.9. The highest BCUT2D eigenvalue weighted by atomic mass is 32.2. The number of primary amides is 1. The van der Waals surface area contributed by atoms with Crippen LogP contribution in [-0.2, 0) is 21.4 Å². The monoisotopic (exact) mass is 276 g/mol.